The zero-order valence-corrected chi connectivity index (χ0v) is 11.1. The van der Waals surface area contributed by atoms with Gasteiger partial charge in [-0.05, 0) is 29.0 Å². The van der Waals surface area contributed by atoms with Crippen LogP contribution in [0.4, 0.5) is 0 Å². The van der Waals surface area contributed by atoms with Gasteiger partial charge in [-0.15, -0.1) is 5.10 Å². The summed E-state index contributed by atoms with van der Waals surface area (Å²) in [5.41, 5.74) is 0.961. The molecule has 7 heteroatoms. The van der Waals surface area contributed by atoms with Crippen LogP contribution < -0.4 is 0 Å². The molecule has 1 unspecified atom stereocenters. The van der Waals surface area contributed by atoms with Crippen molar-refractivity contribution in [1.82, 2.24) is 20.2 Å². The van der Waals surface area contributed by atoms with Crippen LogP contribution in [0.2, 0.25) is 0 Å². The topological polar surface area (TPSA) is 62.1 Å². The zero-order valence-electron chi connectivity index (χ0n) is 10.3. The Morgan fingerprint density at radius 1 is 1.32 bits per heavy atom. The predicted octanol–water partition coefficient (Wildman–Crippen LogP) is 1.52. The summed E-state index contributed by atoms with van der Waals surface area (Å²) in [5.74, 6) is 0.830. The van der Waals surface area contributed by atoms with Crippen LogP contribution in [0.25, 0.3) is 5.69 Å². The Bertz CT molecular complexity index is 513. The molecule has 1 atom stereocenters. The summed E-state index contributed by atoms with van der Waals surface area (Å²) < 4.78 is 12.4. The van der Waals surface area contributed by atoms with Gasteiger partial charge in [-0.3, -0.25) is 0 Å². The van der Waals surface area contributed by atoms with Crippen molar-refractivity contribution in [1.29, 1.82) is 0 Å². The van der Waals surface area contributed by atoms with Crippen LogP contribution >= 0.6 is 11.8 Å². The van der Waals surface area contributed by atoms with E-state index in [4.69, 9.17) is 9.47 Å². The Labute approximate surface area is 115 Å². The first kappa shape index (κ1) is 12.6. The maximum Gasteiger partial charge on any atom is 0.214 e. The first-order valence-electron chi connectivity index (χ1n) is 6.09. The fourth-order valence-corrected chi connectivity index (χ4v) is 2.76. The largest absolute Gasteiger partial charge is 0.355 e. The van der Waals surface area contributed by atoms with Crippen molar-refractivity contribution in [3.05, 3.63) is 30.3 Å². The van der Waals surface area contributed by atoms with Crippen LogP contribution in [0.5, 0.6) is 0 Å². The second-order valence-electron chi connectivity index (χ2n) is 4.12. The molecule has 1 saturated heterocycles. The maximum atomic E-state index is 5.50. The first-order valence-corrected chi connectivity index (χ1v) is 7.08. The van der Waals surface area contributed by atoms with E-state index in [2.05, 4.69) is 15.5 Å². The number of ether oxygens (including phenoxy) is 2. The van der Waals surface area contributed by atoms with E-state index < -0.39 is 0 Å². The highest BCUT2D eigenvalue weighted by molar-refractivity contribution is 7.99. The minimum Gasteiger partial charge on any atom is -0.355 e. The summed E-state index contributed by atoms with van der Waals surface area (Å²) in [5, 5.41) is 12.6. The molecule has 1 aromatic heterocycles. The molecule has 1 fully saturated rings. The number of hydrogen-bond acceptors (Lipinski definition) is 6. The van der Waals surface area contributed by atoms with Gasteiger partial charge >= 0.3 is 0 Å². The van der Waals surface area contributed by atoms with Crippen LogP contribution in [0.1, 0.15) is 6.42 Å². The molecule has 0 saturated carbocycles. The molecule has 6 nitrogen and oxygen atoms in total. The number of benzene rings is 1. The van der Waals surface area contributed by atoms with E-state index in [9.17, 15) is 0 Å². The highest BCUT2D eigenvalue weighted by atomic mass is 32.2. The summed E-state index contributed by atoms with van der Waals surface area (Å²) in [6.45, 7) is 1.14. The molecule has 100 valence electrons. The normalized spacial score (nSPS) is 19.5. The van der Waals surface area contributed by atoms with Gasteiger partial charge in [0.15, 0.2) is 0 Å². The maximum absolute atomic E-state index is 5.50. The molecule has 0 spiro atoms. The lowest BCUT2D eigenvalue weighted by Gasteiger charge is -2.21. The summed E-state index contributed by atoms with van der Waals surface area (Å²) >= 11 is 1.60. The van der Waals surface area contributed by atoms with E-state index in [0.717, 1.165) is 29.6 Å². The van der Waals surface area contributed by atoms with Crippen molar-refractivity contribution >= 4 is 11.8 Å². The fraction of sp³-hybridized carbons (Fsp3) is 0.417. The summed E-state index contributed by atoms with van der Waals surface area (Å²) in [6, 6.07) is 9.85. The monoisotopic (exact) mass is 278 g/mol. The number of tetrazole rings is 1. The van der Waals surface area contributed by atoms with E-state index in [1.54, 1.807) is 16.4 Å². The lowest BCUT2D eigenvalue weighted by atomic mass is 10.3. The van der Waals surface area contributed by atoms with Gasteiger partial charge in [-0.1, -0.05) is 30.0 Å². The van der Waals surface area contributed by atoms with Crippen molar-refractivity contribution in [3.63, 3.8) is 0 Å². The molecule has 1 aliphatic heterocycles. The number of nitrogens with zero attached hydrogens (tertiary/aromatic N) is 4. The van der Waals surface area contributed by atoms with Crippen molar-refractivity contribution in [2.75, 3.05) is 19.2 Å². The predicted molar refractivity (Wildman–Crippen MR) is 70.2 cm³/mol. The molecule has 0 aliphatic carbocycles. The molecular formula is C12H14N4O2S. The first-order chi connectivity index (χ1) is 9.43. The number of thioether (sulfide) groups is 1. The van der Waals surface area contributed by atoms with E-state index in [-0.39, 0.29) is 6.10 Å². The Kier molecular flexibility index (Phi) is 4.07. The molecule has 0 amide bonds. The van der Waals surface area contributed by atoms with Crippen molar-refractivity contribution in [2.24, 2.45) is 0 Å². The van der Waals surface area contributed by atoms with Gasteiger partial charge in [0.1, 0.15) is 6.79 Å². The average molecular weight is 278 g/mol. The Morgan fingerprint density at radius 2 is 2.21 bits per heavy atom. The second-order valence-corrected chi connectivity index (χ2v) is 5.11. The standard InChI is InChI=1S/C12H14N4O2S/c1-2-4-10(5-3-1)16-12(13-14-15-16)19-8-11-6-7-17-9-18-11/h1-5,11H,6-9H2. The minimum absolute atomic E-state index is 0.208. The Morgan fingerprint density at radius 3 is 3.00 bits per heavy atom. The van der Waals surface area contributed by atoms with Crippen LogP contribution in [0.3, 0.4) is 0 Å². The van der Waals surface area contributed by atoms with Gasteiger partial charge in [0.05, 0.1) is 18.4 Å². The van der Waals surface area contributed by atoms with Crippen LogP contribution in [-0.2, 0) is 9.47 Å². The lowest BCUT2D eigenvalue weighted by Crippen LogP contribution is -2.25. The van der Waals surface area contributed by atoms with Crippen molar-refractivity contribution in [3.8, 4) is 5.69 Å². The summed E-state index contributed by atoms with van der Waals surface area (Å²) in [7, 11) is 0. The van der Waals surface area contributed by atoms with E-state index in [1.807, 2.05) is 30.3 Å². The van der Waals surface area contributed by atoms with E-state index in [1.165, 1.54) is 0 Å². The Balaban J connectivity index is 1.67. The average Bonchev–Trinajstić information content (AvgIpc) is 2.95. The molecular weight excluding hydrogens is 264 g/mol. The van der Waals surface area contributed by atoms with Crippen LogP contribution in [0.15, 0.2) is 35.5 Å². The number of para-hydroxylation sites is 1. The third kappa shape index (κ3) is 3.12. The third-order valence-electron chi connectivity index (χ3n) is 2.81. The molecule has 0 bridgehead atoms. The molecule has 19 heavy (non-hydrogen) atoms. The van der Waals surface area contributed by atoms with Gasteiger partial charge in [0.2, 0.25) is 5.16 Å². The van der Waals surface area contributed by atoms with Crippen LogP contribution in [0, 0.1) is 0 Å². The number of aromatic nitrogens is 4. The van der Waals surface area contributed by atoms with E-state index >= 15 is 0 Å². The molecule has 0 N–H and O–H groups in total. The van der Waals surface area contributed by atoms with Gasteiger partial charge in [-0.25, -0.2) is 0 Å². The smallest absolute Gasteiger partial charge is 0.214 e. The van der Waals surface area contributed by atoms with Crippen molar-refractivity contribution < 1.29 is 9.47 Å². The number of rotatable bonds is 4. The molecule has 1 aromatic carbocycles. The second kappa shape index (κ2) is 6.14. The highest BCUT2D eigenvalue weighted by Crippen LogP contribution is 2.21. The minimum atomic E-state index is 0.208. The number of hydrogen-bond donors (Lipinski definition) is 0. The molecule has 2 aromatic rings. The Hall–Kier alpha value is -1.44. The SMILES string of the molecule is c1ccc(-n2nnnc2SCC2CCOCO2)cc1. The molecule has 1 aliphatic rings. The van der Waals surface area contributed by atoms with Gasteiger partial charge in [-0.2, -0.15) is 4.68 Å². The molecule has 2 heterocycles. The summed E-state index contributed by atoms with van der Waals surface area (Å²) in [6.07, 6.45) is 1.12. The van der Waals surface area contributed by atoms with Gasteiger partial charge < -0.3 is 9.47 Å². The molecule has 0 radical (unpaired) electrons. The quantitative estimate of drug-likeness (QED) is 0.790. The third-order valence-corrected chi connectivity index (χ3v) is 3.86. The fourth-order valence-electron chi connectivity index (χ4n) is 1.80. The molecule has 3 rings (SSSR count). The van der Waals surface area contributed by atoms with Crippen LogP contribution in [-0.4, -0.2) is 45.5 Å². The van der Waals surface area contributed by atoms with E-state index in [0.29, 0.717) is 6.79 Å². The zero-order chi connectivity index (χ0) is 12.9. The highest BCUT2D eigenvalue weighted by Gasteiger charge is 2.17. The lowest BCUT2D eigenvalue weighted by molar-refractivity contribution is -0.130. The van der Waals surface area contributed by atoms with Gasteiger partial charge in [0, 0.05) is 5.75 Å². The van der Waals surface area contributed by atoms with Gasteiger partial charge in [0.25, 0.3) is 0 Å². The van der Waals surface area contributed by atoms with Crippen molar-refractivity contribution in [2.45, 2.75) is 17.7 Å². The summed E-state index contributed by atoms with van der Waals surface area (Å²) in [4.78, 5) is 0.